The van der Waals surface area contributed by atoms with Crippen LogP contribution in [0.3, 0.4) is 0 Å². The maximum atomic E-state index is 10.9. The summed E-state index contributed by atoms with van der Waals surface area (Å²) in [6, 6.07) is 13.2. The van der Waals surface area contributed by atoms with Crippen LogP contribution in [0.1, 0.15) is 16.1 Å². The summed E-state index contributed by atoms with van der Waals surface area (Å²) in [6.45, 7) is 0.559. The van der Waals surface area contributed by atoms with Crippen LogP contribution in [0.2, 0.25) is 0 Å². The van der Waals surface area contributed by atoms with Crippen LogP contribution >= 0.6 is 0 Å². The molecule has 0 saturated heterocycles. The number of hydrogen-bond donors (Lipinski definition) is 1. The van der Waals surface area contributed by atoms with Gasteiger partial charge in [0.2, 0.25) is 0 Å². The zero-order valence-electron chi connectivity index (χ0n) is 9.28. The van der Waals surface area contributed by atoms with Crippen molar-refractivity contribution < 1.29 is 9.90 Å². The topological polar surface area (TPSA) is 42.2 Å². The predicted molar refractivity (Wildman–Crippen MR) is 66.9 cm³/mol. The van der Waals surface area contributed by atoms with Crippen molar-refractivity contribution in [3.8, 4) is 0 Å². The van der Waals surface area contributed by atoms with E-state index in [1.54, 1.807) is 22.9 Å². The number of aromatic carboxylic acids is 1. The van der Waals surface area contributed by atoms with Gasteiger partial charge in [0.15, 0.2) is 0 Å². The molecule has 86 valence electrons. The van der Waals surface area contributed by atoms with Crippen LogP contribution in [0.15, 0.2) is 54.7 Å². The Morgan fingerprint density at radius 1 is 1.18 bits per heavy atom. The van der Waals surface area contributed by atoms with Gasteiger partial charge in [-0.3, -0.25) is 0 Å². The molecule has 3 nitrogen and oxygen atoms in total. The maximum absolute atomic E-state index is 10.9. The number of benzene rings is 1. The second kappa shape index (κ2) is 5.16. The quantitative estimate of drug-likeness (QED) is 0.872. The molecular weight excluding hydrogens is 214 g/mol. The van der Waals surface area contributed by atoms with Gasteiger partial charge in [-0.15, -0.1) is 0 Å². The standard InChI is InChI=1S/C14H13NO2/c16-14(17)13-9-5-11-15(13)10-4-8-12-6-2-1-3-7-12/h1-9,11H,10H2,(H,16,17). The minimum Gasteiger partial charge on any atom is -0.477 e. The Morgan fingerprint density at radius 2 is 1.94 bits per heavy atom. The van der Waals surface area contributed by atoms with Gasteiger partial charge in [-0.25, -0.2) is 4.79 Å². The van der Waals surface area contributed by atoms with Gasteiger partial charge in [0.1, 0.15) is 5.69 Å². The van der Waals surface area contributed by atoms with Crippen LogP contribution < -0.4 is 0 Å². The molecule has 2 rings (SSSR count). The fraction of sp³-hybridized carbons (Fsp3) is 0.0714. The first-order valence-electron chi connectivity index (χ1n) is 5.37. The van der Waals surface area contributed by atoms with E-state index in [9.17, 15) is 4.79 Å². The van der Waals surface area contributed by atoms with Gasteiger partial charge in [-0.2, -0.15) is 0 Å². The van der Waals surface area contributed by atoms with Gasteiger partial charge < -0.3 is 9.67 Å². The van der Waals surface area contributed by atoms with E-state index in [1.165, 1.54) is 0 Å². The van der Waals surface area contributed by atoms with Crippen molar-refractivity contribution in [1.82, 2.24) is 4.57 Å². The average Bonchev–Trinajstić information content (AvgIpc) is 2.79. The molecule has 0 saturated carbocycles. The third-order valence-electron chi connectivity index (χ3n) is 2.46. The number of rotatable bonds is 4. The zero-order valence-corrected chi connectivity index (χ0v) is 9.28. The minimum absolute atomic E-state index is 0.308. The normalized spacial score (nSPS) is 10.8. The monoisotopic (exact) mass is 227 g/mol. The summed E-state index contributed by atoms with van der Waals surface area (Å²) < 4.78 is 1.70. The molecule has 1 N–H and O–H groups in total. The summed E-state index contributed by atoms with van der Waals surface area (Å²) in [5, 5.41) is 8.93. The van der Waals surface area contributed by atoms with E-state index in [1.807, 2.05) is 42.5 Å². The van der Waals surface area contributed by atoms with E-state index in [-0.39, 0.29) is 0 Å². The molecule has 0 atom stereocenters. The second-order valence-corrected chi connectivity index (χ2v) is 3.66. The van der Waals surface area contributed by atoms with Crippen molar-refractivity contribution in [3.05, 3.63) is 66.0 Å². The van der Waals surface area contributed by atoms with Crippen molar-refractivity contribution in [2.75, 3.05) is 0 Å². The van der Waals surface area contributed by atoms with Gasteiger partial charge >= 0.3 is 5.97 Å². The summed E-state index contributed by atoms with van der Waals surface area (Å²) in [6.07, 6.45) is 5.69. The molecule has 0 amide bonds. The third kappa shape index (κ3) is 2.84. The highest BCUT2D eigenvalue weighted by molar-refractivity contribution is 5.85. The third-order valence-corrected chi connectivity index (χ3v) is 2.46. The minimum atomic E-state index is -0.900. The molecule has 0 spiro atoms. The van der Waals surface area contributed by atoms with E-state index in [0.29, 0.717) is 12.2 Å². The molecular formula is C14H13NO2. The van der Waals surface area contributed by atoms with Crippen molar-refractivity contribution >= 4 is 12.0 Å². The van der Waals surface area contributed by atoms with Crippen LogP contribution in [0.25, 0.3) is 6.08 Å². The molecule has 1 aromatic heterocycles. The first-order valence-corrected chi connectivity index (χ1v) is 5.37. The number of carbonyl (C=O) groups is 1. The number of hydrogen-bond acceptors (Lipinski definition) is 1. The van der Waals surface area contributed by atoms with Crippen LogP contribution in [0, 0.1) is 0 Å². The zero-order chi connectivity index (χ0) is 12.1. The van der Waals surface area contributed by atoms with Crippen molar-refractivity contribution in [2.24, 2.45) is 0 Å². The fourth-order valence-electron chi connectivity index (χ4n) is 1.63. The second-order valence-electron chi connectivity index (χ2n) is 3.66. The average molecular weight is 227 g/mol. The van der Waals surface area contributed by atoms with E-state index in [2.05, 4.69) is 0 Å². The lowest BCUT2D eigenvalue weighted by molar-refractivity contribution is 0.0686. The molecule has 0 aliphatic heterocycles. The van der Waals surface area contributed by atoms with Gasteiger partial charge in [0, 0.05) is 12.7 Å². The molecule has 17 heavy (non-hydrogen) atoms. The van der Waals surface area contributed by atoms with E-state index in [4.69, 9.17) is 5.11 Å². The molecule has 0 unspecified atom stereocenters. The first kappa shape index (κ1) is 11.2. The molecule has 1 heterocycles. The smallest absolute Gasteiger partial charge is 0.352 e. The summed E-state index contributed by atoms with van der Waals surface area (Å²) in [4.78, 5) is 10.9. The van der Waals surface area contributed by atoms with Crippen molar-refractivity contribution in [3.63, 3.8) is 0 Å². The van der Waals surface area contributed by atoms with E-state index >= 15 is 0 Å². The van der Waals surface area contributed by atoms with E-state index in [0.717, 1.165) is 5.56 Å². The highest BCUT2D eigenvalue weighted by Crippen LogP contribution is 2.05. The van der Waals surface area contributed by atoms with Crippen LogP contribution in [0.4, 0.5) is 0 Å². The fourth-order valence-corrected chi connectivity index (χ4v) is 1.63. The summed E-state index contributed by atoms with van der Waals surface area (Å²) in [7, 11) is 0. The maximum Gasteiger partial charge on any atom is 0.352 e. The van der Waals surface area contributed by atoms with Crippen LogP contribution in [0.5, 0.6) is 0 Å². The molecule has 0 aliphatic carbocycles. The van der Waals surface area contributed by atoms with Crippen molar-refractivity contribution in [2.45, 2.75) is 6.54 Å². The van der Waals surface area contributed by atoms with Crippen LogP contribution in [-0.2, 0) is 6.54 Å². The van der Waals surface area contributed by atoms with Gasteiger partial charge in [-0.05, 0) is 17.7 Å². The van der Waals surface area contributed by atoms with Crippen molar-refractivity contribution in [1.29, 1.82) is 0 Å². The van der Waals surface area contributed by atoms with Gasteiger partial charge in [0.05, 0.1) is 0 Å². The molecule has 0 fully saturated rings. The van der Waals surface area contributed by atoms with Gasteiger partial charge in [0.25, 0.3) is 0 Å². The Kier molecular flexibility index (Phi) is 3.40. The van der Waals surface area contributed by atoms with E-state index < -0.39 is 5.97 Å². The Bertz CT molecular complexity index is 526. The summed E-state index contributed by atoms with van der Waals surface area (Å²) in [5.41, 5.74) is 1.42. The number of aromatic nitrogens is 1. The lowest BCUT2D eigenvalue weighted by Gasteiger charge is -2.01. The lowest BCUT2D eigenvalue weighted by atomic mass is 10.2. The first-order chi connectivity index (χ1) is 8.27. The summed E-state index contributed by atoms with van der Waals surface area (Å²) in [5.74, 6) is -0.900. The number of nitrogens with zero attached hydrogens (tertiary/aromatic N) is 1. The molecule has 0 bridgehead atoms. The van der Waals surface area contributed by atoms with Crippen LogP contribution in [-0.4, -0.2) is 15.6 Å². The molecule has 1 aromatic carbocycles. The lowest BCUT2D eigenvalue weighted by Crippen LogP contribution is -2.06. The highest BCUT2D eigenvalue weighted by Gasteiger charge is 2.06. The predicted octanol–water partition coefficient (Wildman–Crippen LogP) is 2.90. The summed E-state index contributed by atoms with van der Waals surface area (Å²) >= 11 is 0. The Balaban J connectivity index is 2.05. The number of allylic oxidation sites excluding steroid dienone is 1. The Hall–Kier alpha value is -2.29. The molecule has 0 aliphatic rings. The van der Waals surface area contributed by atoms with Gasteiger partial charge in [-0.1, -0.05) is 42.5 Å². The Morgan fingerprint density at radius 3 is 2.65 bits per heavy atom. The number of carboxylic acids is 1. The molecule has 0 radical (unpaired) electrons. The molecule has 2 aromatic rings. The Labute approximate surface area is 99.6 Å². The number of carboxylic acid groups (broad SMARTS) is 1. The highest BCUT2D eigenvalue weighted by atomic mass is 16.4. The largest absolute Gasteiger partial charge is 0.477 e. The molecule has 3 heteroatoms. The SMILES string of the molecule is O=C(O)c1cccn1CC=Cc1ccccc1.